The number of amides is 1. The maximum Gasteiger partial charge on any atom is 0.271 e. The molecule has 2 aromatic heterocycles. The van der Waals surface area contributed by atoms with Gasteiger partial charge < -0.3 is 9.72 Å². The lowest BCUT2D eigenvalue weighted by atomic mass is 10.3. The zero-order chi connectivity index (χ0) is 11.5. The third-order valence-corrected chi connectivity index (χ3v) is 2.54. The minimum absolute atomic E-state index is 0.133. The summed E-state index contributed by atoms with van der Waals surface area (Å²) in [6.45, 7) is 2.10. The summed E-state index contributed by atoms with van der Waals surface area (Å²) in [6, 6.07) is 5.78. The Morgan fingerprint density at radius 1 is 1.50 bits per heavy atom. The lowest BCUT2D eigenvalue weighted by Gasteiger charge is -1.97. The van der Waals surface area contributed by atoms with Crippen molar-refractivity contribution in [3.8, 4) is 0 Å². The van der Waals surface area contributed by atoms with E-state index in [4.69, 9.17) is 0 Å². The molecule has 1 N–H and O–H groups in total. The molecular weight excluding hydrogens is 202 g/mol. The number of hydrogen-bond donors (Lipinski definition) is 1. The normalized spacial score (nSPS) is 10.6. The van der Waals surface area contributed by atoms with Crippen LogP contribution in [0.2, 0.25) is 0 Å². The summed E-state index contributed by atoms with van der Waals surface area (Å²) in [5.41, 5.74) is 1.37. The molecule has 0 aliphatic rings. The number of aromatic nitrogens is 2. The number of pyridine rings is 1. The average molecular weight is 217 g/mol. The molecular formula is C12H15N3O. The van der Waals surface area contributed by atoms with Gasteiger partial charge in [-0.3, -0.25) is 4.79 Å². The number of nitrogens with zero attached hydrogens (tertiary/aromatic N) is 2. The Hall–Kier alpha value is -1.84. The highest BCUT2D eigenvalue weighted by Gasteiger charge is 2.14. The van der Waals surface area contributed by atoms with Gasteiger partial charge in [-0.25, -0.2) is 4.98 Å². The summed E-state index contributed by atoms with van der Waals surface area (Å²) in [5.74, 6) is 0.808. The first-order chi connectivity index (χ1) is 7.77. The molecule has 0 fully saturated rings. The van der Waals surface area contributed by atoms with Crippen molar-refractivity contribution in [3.05, 3.63) is 35.9 Å². The van der Waals surface area contributed by atoms with Crippen molar-refractivity contribution in [1.29, 1.82) is 0 Å². The molecule has 2 rings (SSSR count). The molecule has 0 radical (unpaired) electrons. The molecule has 0 unspecified atom stereocenters. The van der Waals surface area contributed by atoms with E-state index in [1.54, 1.807) is 7.05 Å². The van der Waals surface area contributed by atoms with Gasteiger partial charge >= 0.3 is 0 Å². The Balaban J connectivity index is 2.61. The largest absolute Gasteiger partial charge is 0.354 e. The van der Waals surface area contributed by atoms with Crippen LogP contribution in [0.1, 0.15) is 29.7 Å². The van der Waals surface area contributed by atoms with Crippen LogP contribution in [0, 0.1) is 0 Å². The minimum Gasteiger partial charge on any atom is -0.354 e. The van der Waals surface area contributed by atoms with Crippen LogP contribution in [0.5, 0.6) is 0 Å². The van der Waals surface area contributed by atoms with Crippen molar-refractivity contribution in [2.24, 2.45) is 0 Å². The Morgan fingerprint density at radius 2 is 2.31 bits per heavy atom. The van der Waals surface area contributed by atoms with E-state index in [9.17, 15) is 4.79 Å². The molecule has 4 heteroatoms. The van der Waals surface area contributed by atoms with Crippen molar-refractivity contribution >= 4 is 11.4 Å². The van der Waals surface area contributed by atoms with Gasteiger partial charge in [0.2, 0.25) is 0 Å². The Bertz CT molecular complexity index is 516. The summed E-state index contributed by atoms with van der Waals surface area (Å²) in [7, 11) is 1.62. The fourth-order valence-electron chi connectivity index (χ4n) is 1.79. The lowest BCUT2D eigenvalue weighted by Crippen LogP contribution is -2.18. The fraction of sp³-hybridized carbons (Fsp3) is 0.333. The monoisotopic (exact) mass is 217 g/mol. The predicted molar refractivity (Wildman–Crippen MR) is 62.6 cm³/mol. The summed E-state index contributed by atoms with van der Waals surface area (Å²) < 4.78 is 1.98. The molecule has 0 aromatic carbocycles. The number of fused-ring (bicyclic) bond motifs is 1. The van der Waals surface area contributed by atoms with E-state index in [-0.39, 0.29) is 5.91 Å². The third-order valence-electron chi connectivity index (χ3n) is 2.54. The third kappa shape index (κ3) is 1.66. The number of aryl methyl sites for hydroxylation is 1. The Labute approximate surface area is 94.3 Å². The van der Waals surface area contributed by atoms with Gasteiger partial charge in [-0.1, -0.05) is 13.0 Å². The topological polar surface area (TPSA) is 46.4 Å². The van der Waals surface area contributed by atoms with Crippen molar-refractivity contribution in [2.75, 3.05) is 7.05 Å². The summed E-state index contributed by atoms with van der Waals surface area (Å²) >= 11 is 0. The van der Waals surface area contributed by atoms with Crippen LogP contribution in [0.3, 0.4) is 0 Å². The van der Waals surface area contributed by atoms with Gasteiger partial charge in [0, 0.05) is 19.7 Å². The lowest BCUT2D eigenvalue weighted by molar-refractivity contribution is 0.0960. The molecule has 0 bridgehead atoms. The molecule has 4 nitrogen and oxygen atoms in total. The number of rotatable bonds is 3. The smallest absolute Gasteiger partial charge is 0.271 e. The Morgan fingerprint density at radius 3 is 3.00 bits per heavy atom. The van der Waals surface area contributed by atoms with E-state index in [1.807, 2.05) is 28.8 Å². The zero-order valence-corrected chi connectivity index (χ0v) is 9.53. The molecule has 2 aromatic rings. The van der Waals surface area contributed by atoms with Crippen molar-refractivity contribution in [1.82, 2.24) is 14.7 Å². The molecule has 0 spiro atoms. The van der Waals surface area contributed by atoms with Crippen molar-refractivity contribution in [2.45, 2.75) is 19.8 Å². The maximum absolute atomic E-state index is 11.7. The molecule has 16 heavy (non-hydrogen) atoms. The molecule has 0 atom stereocenters. The molecule has 0 aliphatic heterocycles. The SMILES string of the molecule is CCCc1nc(C(=O)NC)c2ccccn12. The van der Waals surface area contributed by atoms with Gasteiger partial charge in [0.1, 0.15) is 5.82 Å². The van der Waals surface area contributed by atoms with Gasteiger partial charge in [-0.2, -0.15) is 0 Å². The minimum atomic E-state index is -0.133. The summed E-state index contributed by atoms with van der Waals surface area (Å²) in [5, 5.41) is 2.61. The predicted octanol–water partition coefficient (Wildman–Crippen LogP) is 1.65. The van der Waals surface area contributed by atoms with Crippen LogP contribution in [0.15, 0.2) is 24.4 Å². The van der Waals surface area contributed by atoms with Crippen LogP contribution >= 0.6 is 0 Å². The standard InChI is InChI=1S/C12H15N3O/c1-3-6-10-14-11(12(16)13-2)9-7-4-5-8-15(9)10/h4-5,7-8H,3,6H2,1-2H3,(H,13,16). The van der Waals surface area contributed by atoms with Crippen LogP contribution in [0.4, 0.5) is 0 Å². The van der Waals surface area contributed by atoms with E-state index in [2.05, 4.69) is 17.2 Å². The van der Waals surface area contributed by atoms with Crippen molar-refractivity contribution in [3.63, 3.8) is 0 Å². The average Bonchev–Trinajstić information content (AvgIpc) is 2.68. The summed E-state index contributed by atoms with van der Waals surface area (Å²) in [6.07, 6.45) is 3.84. The number of carbonyl (C=O) groups is 1. The van der Waals surface area contributed by atoms with Crippen molar-refractivity contribution < 1.29 is 4.79 Å². The second kappa shape index (κ2) is 4.35. The Kier molecular flexibility index (Phi) is 2.90. The molecule has 0 aliphatic carbocycles. The molecule has 0 saturated heterocycles. The van der Waals surface area contributed by atoms with Gasteiger partial charge in [0.15, 0.2) is 5.69 Å². The van der Waals surface area contributed by atoms with E-state index < -0.39 is 0 Å². The van der Waals surface area contributed by atoms with Crippen LogP contribution in [0.25, 0.3) is 5.52 Å². The van der Waals surface area contributed by atoms with Crippen LogP contribution < -0.4 is 5.32 Å². The molecule has 2 heterocycles. The highest BCUT2D eigenvalue weighted by molar-refractivity contribution is 5.98. The van der Waals surface area contributed by atoms with Crippen LogP contribution in [-0.4, -0.2) is 22.3 Å². The van der Waals surface area contributed by atoms with Gasteiger partial charge in [0.25, 0.3) is 5.91 Å². The molecule has 84 valence electrons. The fourth-order valence-corrected chi connectivity index (χ4v) is 1.79. The van der Waals surface area contributed by atoms with E-state index in [1.165, 1.54) is 0 Å². The quantitative estimate of drug-likeness (QED) is 0.849. The second-order valence-corrected chi connectivity index (χ2v) is 3.66. The number of nitrogens with one attached hydrogen (secondary N) is 1. The van der Waals surface area contributed by atoms with Gasteiger partial charge in [-0.05, 0) is 18.6 Å². The highest BCUT2D eigenvalue weighted by Crippen LogP contribution is 2.14. The molecule has 0 saturated carbocycles. The zero-order valence-electron chi connectivity index (χ0n) is 9.53. The van der Waals surface area contributed by atoms with E-state index in [0.29, 0.717) is 5.69 Å². The first-order valence-corrected chi connectivity index (χ1v) is 5.46. The first-order valence-electron chi connectivity index (χ1n) is 5.46. The van der Waals surface area contributed by atoms with Crippen LogP contribution in [-0.2, 0) is 6.42 Å². The summed E-state index contributed by atoms with van der Waals surface area (Å²) in [4.78, 5) is 16.1. The molecule has 1 amide bonds. The number of imidazole rings is 1. The van der Waals surface area contributed by atoms with Gasteiger partial charge in [-0.15, -0.1) is 0 Å². The second-order valence-electron chi connectivity index (χ2n) is 3.66. The number of hydrogen-bond acceptors (Lipinski definition) is 2. The van der Waals surface area contributed by atoms with E-state index in [0.717, 1.165) is 24.2 Å². The van der Waals surface area contributed by atoms with E-state index >= 15 is 0 Å². The number of carbonyl (C=O) groups excluding carboxylic acids is 1. The first kappa shape index (κ1) is 10.7. The van der Waals surface area contributed by atoms with Gasteiger partial charge in [0.05, 0.1) is 5.52 Å². The highest BCUT2D eigenvalue weighted by atomic mass is 16.1. The maximum atomic E-state index is 11.7.